The Bertz CT molecular complexity index is 964. The van der Waals surface area contributed by atoms with E-state index in [9.17, 15) is 9.59 Å². The third kappa shape index (κ3) is 4.11. The molecule has 1 aromatic heterocycles. The van der Waals surface area contributed by atoms with E-state index in [1.54, 1.807) is 10.9 Å². The fourth-order valence-electron chi connectivity index (χ4n) is 3.34. The van der Waals surface area contributed by atoms with Crippen LogP contribution in [-0.4, -0.2) is 28.1 Å². The van der Waals surface area contributed by atoms with Crippen LogP contribution in [0.4, 0.5) is 5.69 Å². The van der Waals surface area contributed by atoms with Crippen LogP contribution >= 0.6 is 0 Å². The predicted octanol–water partition coefficient (Wildman–Crippen LogP) is 2.86. The number of carbonyl (C=O) groups excluding carboxylic acids is 2. The van der Waals surface area contributed by atoms with Crippen molar-refractivity contribution in [2.45, 2.75) is 25.8 Å². The van der Waals surface area contributed by atoms with Gasteiger partial charge in [0, 0.05) is 31.4 Å². The smallest absolute Gasteiger partial charge is 0.227 e. The summed E-state index contributed by atoms with van der Waals surface area (Å²) < 4.78 is 1.76. The SMILES string of the molecule is O=C(Cc1cnn(-c2ccccc2)c1)NCc1ccc(N2CCCC2=O)cc1. The van der Waals surface area contributed by atoms with Gasteiger partial charge in [-0.15, -0.1) is 0 Å². The fraction of sp³-hybridized carbons (Fsp3) is 0.227. The summed E-state index contributed by atoms with van der Waals surface area (Å²) in [5.41, 5.74) is 3.75. The van der Waals surface area contributed by atoms with E-state index in [0.29, 0.717) is 13.0 Å². The second-order valence-electron chi connectivity index (χ2n) is 6.90. The number of hydrogen-bond donors (Lipinski definition) is 1. The molecule has 0 bridgehead atoms. The molecule has 0 saturated carbocycles. The van der Waals surface area contributed by atoms with Crippen molar-refractivity contribution in [1.29, 1.82) is 0 Å². The first-order valence-electron chi connectivity index (χ1n) is 9.44. The van der Waals surface area contributed by atoms with Gasteiger partial charge in [0.2, 0.25) is 11.8 Å². The Labute approximate surface area is 163 Å². The van der Waals surface area contributed by atoms with Crippen LogP contribution in [0.2, 0.25) is 0 Å². The van der Waals surface area contributed by atoms with E-state index in [1.165, 1.54) is 0 Å². The second-order valence-corrected chi connectivity index (χ2v) is 6.90. The molecule has 4 rings (SSSR count). The molecule has 6 nitrogen and oxygen atoms in total. The number of nitrogens with one attached hydrogen (secondary N) is 1. The summed E-state index contributed by atoms with van der Waals surface area (Å²) in [4.78, 5) is 25.9. The molecule has 1 aliphatic heterocycles. The number of rotatable bonds is 6. The number of aromatic nitrogens is 2. The maximum absolute atomic E-state index is 12.2. The van der Waals surface area contributed by atoms with Crippen molar-refractivity contribution in [2.24, 2.45) is 0 Å². The Morgan fingerprint density at radius 3 is 2.50 bits per heavy atom. The van der Waals surface area contributed by atoms with E-state index in [2.05, 4.69) is 10.4 Å². The average Bonchev–Trinajstić information content (AvgIpc) is 3.36. The van der Waals surface area contributed by atoms with Gasteiger partial charge in [-0.3, -0.25) is 9.59 Å². The molecule has 6 heteroatoms. The van der Waals surface area contributed by atoms with Gasteiger partial charge in [0.15, 0.2) is 0 Å². The number of benzene rings is 2. The summed E-state index contributed by atoms with van der Waals surface area (Å²) in [6.07, 6.45) is 5.41. The van der Waals surface area contributed by atoms with Gasteiger partial charge in [-0.25, -0.2) is 4.68 Å². The van der Waals surface area contributed by atoms with Crippen molar-refractivity contribution >= 4 is 17.5 Å². The van der Waals surface area contributed by atoms with Crippen molar-refractivity contribution in [3.63, 3.8) is 0 Å². The molecule has 3 aromatic rings. The minimum Gasteiger partial charge on any atom is -0.352 e. The highest BCUT2D eigenvalue weighted by Gasteiger charge is 2.21. The van der Waals surface area contributed by atoms with Gasteiger partial charge >= 0.3 is 0 Å². The van der Waals surface area contributed by atoms with Gasteiger partial charge in [-0.05, 0) is 41.8 Å². The number of para-hydroxylation sites is 1. The quantitative estimate of drug-likeness (QED) is 0.721. The number of nitrogens with zero attached hydrogens (tertiary/aromatic N) is 3. The fourth-order valence-corrected chi connectivity index (χ4v) is 3.34. The third-order valence-corrected chi connectivity index (χ3v) is 4.83. The Balaban J connectivity index is 1.30. The highest BCUT2D eigenvalue weighted by Crippen LogP contribution is 2.21. The van der Waals surface area contributed by atoms with Crippen molar-refractivity contribution in [3.8, 4) is 5.69 Å². The lowest BCUT2D eigenvalue weighted by atomic mass is 10.2. The predicted molar refractivity (Wildman–Crippen MR) is 107 cm³/mol. The highest BCUT2D eigenvalue weighted by atomic mass is 16.2. The number of carbonyl (C=O) groups is 2. The lowest BCUT2D eigenvalue weighted by molar-refractivity contribution is -0.120. The van der Waals surface area contributed by atoms with E-state index in [0.717, 1.165) is 35.5 Å². The van der Waals surface area contributed by atoms with E-state index < -0.39 is 0 Å². The molecule has 2 aromatic carbocycles. The van der Waals surface area contributed by atoms with Gasteiger partial charge in [0.1, 0.15) is 0 Å². The van der Waals surface area contributed by atoms with Crippen LogP contribution in [0.1, 0.15) is 24.0 Å². The molecule has 142 valence electrons. The van der Waals surface area contributed by atoms with Crippen LogP contribution in [0.5, 0.6) is 0 Å². The number of hydrogen-bond acceptors (Lipinski definition) is 3. The summed E-state index contributed by atoms with van der Waals surface area (Å²) in [5.74, 6) is 0.128. The number of anilines is 1. The van der Waals surface area contributed by atoms with Crippen molar-refractivity contribution < 1.29 is 9.59 Å². The van der Waals surface area contributed by atoms with Crippen LogP contribution in [0.15, 0.2) is 67.0 Å². The maximum Gasteiger partial charge on any atom is 0.227 e. The lowest BCUT2D eigenvalue weighted by Crippen LogP contribution is -2.25. The first-order chi connectivity index (χ1) is 13.7. The van der Waals surface area contributed by atoms with Crippen molar-refractivity contribution in [1.82, 2.24) is 15.1 Å². The van der Waals surface area contributed by atoms with Gasteiger partial charge in [0.05, 0.1) is 18.3 Å². The largest absolute Gasteiger partial charge is 0.352 e. The zero-order chi connectivity index (χ0) is 19.3. The van der Waals surface area contributed by atoms with Crippen LogP contribution in [0, 0.1) is 0 Å². The standard InChI is InChI=1S/C22H22N4O2/c27-21(13-18-15-24-26(16-18)20-5-2-1-3-6-20)23-14-17-8-10-19(11-9-17)25-12-4-7-22(25)28/h1-3,5-6,8-11,15-16H,4,7,12-14H2,(H,23,27). The minimum atomic E-state index is -0.0496. The van der Waals surface area contributed by atoms with Gasteiger partial charge in [0.25, 0.3) is 0 Å². The molecular formula is C22H22N4O2. The molecule has 0 atom stereocenters. The zero-order valence-electron chi connectivity index (χ0n) is 15.5. The Morgan fingerprint density at radius 2 is 1.79 bits per heavy atom. The molecule has 0 radical (unpaired) electrons. The molecule has 2 amide bonds. The van der Waals surface area contributed by atoms with Gasteiger partial charge in [-0.2, -0.15) is 5.10 Å². The molecule has 1 aliphatic rings. The van der Waals surface area contributed by atoms with Crippen LogP contribution in [-0.2, 0) is 22.6 Å². The zero-order valence-corrected chi connectivity index (χ0v) is 15.5. The molecule has 2 heterocycles. The normalized spacial score (nSPS) is 13.7. The second kappa shape index (κ2) is 8.08. The molecular weight excluding hydrogens is 352 g/mol. The summed E-state index contributed by atoms with van der Waals surface area (Å²) in [6.45, 7) is 1.24. The van der Waals surface area contributed by atoms with Crippen LogP contribution < -0.4 is 10.2 Å². The topological polar surface area (TPSA) is 67.2 Å². The van der Waals surface area contributed by atoms with E-state index >= 15 is 0 Å². The van der Waals surface area contributed by atoms with Crippen LogP contribution in [0.3, 0.4) is 0 Å². The summed E-state index contributed by atoms with van der Waals surface area (Å²) in [6, 6.07) is 17.6. The molecule has 1 N–H and O–H groups in total. The summed E-state index contributed by atoms with van der Waals surface area (Å²) in [7, 11) is 0. The first-order valence-corrected chi connectivity index (χ1v) is 9.44. The molecule has 1 saturated heterocycles. The maximum atomic E-state index is 12.2. The van der Waals surface area contributed by atoms with Gasteiger partial charge in [-0.1, -0.05) is 30.3 Å². The molecule has 0 spiro atoms. The highest BCUT2D eigenvalue weighted by molar-refractivity contribution is 5.95. The Hall–Kier alpha value is -3.41. The van der Waals surface area contributed by atoms with Crippen molar-refractivity contribution in [3.05, 3.63) is 78.1 Å². The number of amides is 2. The Kier molecular flexibility index (Phi) is 5.19. The van der Waals surface area contributed by atoms with E-state index in [-0.39, 0.29) is 18.2 Å². The molecule has 1 fully saturated rings. The van der Waals surface area contributed by atoms with E-state index in [1.807, 2.05) is 65.7 Å². The monoisotopic (exact) mass is 374 g/mol. The molecule has 0 unspecified atom stereocenters. The molecule has 28 heavy (non-hydrogen) atoms. The van der Waals surface area contributed by atoms with Gasteiger partial charge < -0.3 is 10.2 Å². The Morgan fingerprint density at radius 1 is 1.00 bits per heavy atom. The van der Waals surface area contributed by atoms with Crippen molar-refractivity contribution in [2.75, 3.05) is 11.4 Å². The average molecular weight is 374 g/mol. The minimum absolute atomic E-state index is 0.0496. The third-order valence-electron chi connectivity index (χ3n) is 4.83. The van der Waals surface area contributed by atoms with E-state index in [4.69, 9.17) is 0 Å². The summed E-state index contributed by atoms with van der Waals surface area (Å²) >= 11 is 0. The van der Waals surface area contributed by atoms with Crippen LogP contribution in [0.25, 0.3) is 5.69 Å². The summed E-state index contributed by atoms with van der Waals surface area (Å²) in [5, 5.41) is 7.25. The lowest BCUT2D eigenvalue weighted by Gasteiger charge is -2.16. The molecule has 0 aliphatic carbocycles. The first kappa shape index (κ1) is 18.0.